The van der Waals surface area contributed by atoms with Crippen LogP contribution in [-0.4, -0.2) is 0 Å². The van der Waals surface area contributed by atoms with Gasteiger partial charge in [0, 0.05) is 0 Å². The molecule has 0 aliphatic heterocycles. The van der Waals surface area contributed by atoms with E-state index in [0.29, 0.717) is 5.92 Å². The maximum atomic E-state index is 4.19. The van der Waals surface area contributed by atoms with Gasteiger partial charge in [0.1, 0.15) is 0 Å². The first-order chi connectivity index (χ1) is 6.02. The predicted octanol–water partition coefficient (Wildman–Crippen LogP) is 4.34. The lowest BCUT2D eigenvalue weighted by atomic mass is 9.80. The van der Waals surface area contributed by atoms with Gasteiger partial charge < -0.3 is 0 Å². The van der Waals surface area contributed by atoms with E-state index in [1.165, 1.54) is 24.8 Å². The zero-order chi connectivity index (χ0) is 10.0. The highest BCUT2D eigenvalue weighted by atomic mass is 14.2. The molecule has 74 valence electrons. The van der Waals surface area contributed by atoms with Crippen molar-refractivity contribution in [2.24, 2.45) is 11.8 Å². The molecule has 1 rings (SSSR count). The third-order valence-corrected chi connectivity index (χ3v) is 3.25. The minimum atomic E-state index is 0.681. The van der Waals surface area contributed by atoms with Gasteiger partial charge in [-0.05, 0) is 43.6 Å². The quantitative estimate of drug-likeness (QED) is 0.560. The maximum absolute atomic E-state index is 4.19. The molecule has 0 bridgehead atoms. The largest absolute Gasteiger partial charge is 0.0955 e. The molecule has 0 heterocycles. The van der Waals surface area contributed by atoms with Crippen LogP contribution in [0.3, 0.4) is 0 Å². The Labute approximate surface area is 82.7 Å². The molecule has 0 N–H and O–H groups in total. The number of rotatable bonds is 1. The van der Waals surface area contributed by atoms with Crippen molar-refractivity contribution in [1.29, 1.82) is 0 Å². The average molecular weight is 178 g/mol. The first-order valence-corrected chi connectivity index (χ1v) is 5.40. The Hall–Kier alpha value is -0.520. The van der Waals surface area contributed by atoms with E-state index in [4.69, 9.17) is 0 Å². The van der Waals surface area contributed by atoms with Crippen molar-refractivity contribution in [3.63, 3.8) is 0 Å². The Morgan fingerprint density at radius 2 is 2.08 bits per heavy atom. The third kappa shape index (κ3) is 2.46. The van der Waals surface area contributed by atoms with Crippen molar-refractivity contribution < 1.29 is 0 Å². The van der Waals surface area contributed by atoms with Crippen LogP contribution in [0.4, 0.5) is 0 Å². The fourth-order valence-corrected chi connectivity index (χ4v) is 2.04. The summed E-state index contributed by atoms with van der Waals surface area (Å²) in [6.07, 6.45) is 3.81. The Balaban J connectivity index is 2.82. The van der Waals surface area contributed by atoms with E-state index >= 15 is 0 Å². The lowest BCUT2D eigenvalue weighted by Crippen LogP contribution is -2.09. The molecule has 1 atom stereocenters. The summed E-state index contributed by atoms with van der Waals surface area (Å²) in [5, 5.41) is 0. The minimum Gasteiger partial charge on any atom is -0.0955 e. The van der Waals surface area contributed by atoms with Gasteiger partial charge in [0.05, 0.1) is 0 Å². The summed E-state index contributed by atoms with van der Waals surface area (Å²) in [7, 11) is 0. The molecule has 0 nitrogen and oxygen atoms in total. The van der Waals surface area contributed by atoms with Crippen LogP contribution < -0.4 is 0 Å². The zero-order valence-electron chi connectivity index (χ0n) is 9.48. The molecule has 1 saturated carbocycles. The first kappa shape index (κ1) is 10.6. The lowest BCUT2D eigenvalue weighted by Gasteiger charge is -2.26. The molecule has 0 aromatic carbocycles. The van der Waals surface area contributed by atoms with Gasteiger partial charge in [-0.3, -0.25) is 0 Å². The average Bonchev–Trinajstić information content (AvgIpc) is 2.03. The summed E-state index contributed by atoms with van der Waals surface area (Å²) >= 11 is 0. The molecule has 0 aromatic heterocycles. The number of allylic oxidation sites excluding steroid dienone is 3. The Bertz CT molecular complexity index is 230. The molecule has 13 heavy (non-hydrogen) atoms. The van der Waals surface area contributed by atoms with Gasteiger partial charge in [0.2, 0.25) is 0 Å². The zero-order valence-corrected chi connectivity index (χ0v) is 9.48. The summed E-state index contributed by atoms with van der Waals surface area (Å²) in [6, 6.07) is 0. The van der Waals surface area contributed by atoms with Crippen LogP contribution in [0.1, 0.15) is 47.0 Å². The van der Waals surface area contributed by atoms with Crippen molar-refractivity contribution in [1.82, 2.24) is 0 Å². The molecule has 1 aliphatic rings. The van der Waals surface area contributed by atoms with E-state index < -0.39 is 0 Å². The second-order valence-electron chi connectivity index (χ2n) is 4.77. The fourth-order valence-electron chi connectivity index (χ4n) is 2.04. The summed E-state index contributed by atoms with van der Waals surface area (Å²) in [5.74, 6) is 1.52. The molecule has 0 heteroatoms. The van der Waals surface area contributed by atoms with Crippen LogP contribution in [0.15, 0.2) is 23.3 Å². The monoisotopic (exact) mass is 178 g/mol. The van der Waals surface area contributed by atoms with Gasteiger partial charge in [-0.2, -0.15) is 0 Å². The van der Waals surface area contributed by atoms with Gasteiger partial charge >= 0.3 is 0 Å². The Morgan fingerprint density at radius 1 is 1.46 bits per heavy atom. The normalized spacial score (nSPS) is 28.1. The van der Waals surface area contributed by atoms with E-state index in [1.807, 2.05) is 0 Å². The van der Waals surface area contributed by atoms with Gasteiger partial charge in [0.15, 0.2) is 0 Å². The molecular weight excluding hydrogens is 156 g/mol. The standard InChI is InChI=1S/C13H22/c1-9(2)12(5)13-7-6-10(3)8-11(13)4/h9-10H,4,6-8H2,1-3,5H3/b13-12-. The number of hydrogen-bond donors (Lipinski definition) is 0. The Kier molecular flexibility index (Phi) is 3.35. The SMILES string of the molecule is C=C1CC(C)CC/C1=C(\C)C(C)C. The lowest BCUT2D eigenvalue weighted by molar-refractivity contribution is 0.493. The molecular formula is C13H22. The van der Waals surface area contributed by atoms with Crippen molar-refractivity contribution in [3.8, 4) is 0 Å². The van der Waals surface area contributed by atoms with Crippen LogP contribution in [0, 0.1) is 11.8 Å². The predicted molar refractivity (Wildman–Crippen MR) is 59.7 cm³/mol. The van der Waals surface area contributed by atoms with E-state index in [9.17, 15) is 0 Å². The van der Waals surface area contributed by atoms with Gasteiger partial charge in [-0.1, -0.05) is 38.5 Å². The first-order valence-electron chi connectivity index (χ1n) is 5.40. The van der Waals surface area contributed by atoms with E-state index in [0.717, 1.165) is 5.92 Å². The molecule has 1 aliphatic carbocycles. The molecule has 0 amide bonds. The minimum absolute atomic E-state index is 0.681. The van der Waals surface area contributed by atoms with Gasteiger partial charge in [-0.15, -0.1) is 0 Å². The summed E-state index contributed by atoms with van der Waals surface area (Å²) in [6.45, 7) is 13.3. The van der Waals surface area contributed by atoms with Gasteiger partial charge in [-0.25, -0.2) is 0 Å². The molecule has 0 spiro atoms. The van der Waals surface area contributed by atoms with Crippen molar-refractivity contribution >= 4 is 0 Å². The smallest absolute Gasteiger partial charge is 0.0256 e. The second kappa shape index (κ2) is 4.13. The molecule has 0 saturated heterocycles. The van der Waals surface area contributed by atoms with Crippen molar-refractivity contribution in [2.45, 2.75) is 47.0 Å². The van der Waals surface area contributed by atoms with Crippen LogP contribution in [-0.2, 0) is 0 Å². The summed E-state index contributed by atoms with van der Waals surface area (Å²) < 4.78 is 0. The van der Waals surface area contributed by atoms with Crippen molar-refractivity contribution in [3.05, 3.63) is 23.3 Å². The second-order valence-corrected chi connectivity index (χ2v) is 4.77. The van der Waals surface area contributed by atoms with Crippen LogP contribution >= 0.6 is 0 Å². The number of hydrogen-bond acceptors (Lipinski definition) is 0. The van der Waals surface area contributed by atoms with E-state index in [-0.39, 0.29) is 0 Å². The molecule has 0 radical (unpaired) electrons. The third-order valence-electron chi connectivity index (χ3n) is 3.25. The molecule has 0 aromatic rings. The fraction of sp³-hybridized carbons (Fsp3) is 0.692. The van der Waals surface area contributed by atoms with E-state index in [1.54, 1.807) is 11.1 Å². The summed E-state index contributed by atoms with van der Waals surface area (Å²) in [5.41, 5.74) is 4.51. The summed E-state index contributed by atoms with van der Waals surface area (Å²) in [4.78, 5) is 0. The maximum Gasteiger partial charge on any atom is -0.0256 e. The molecule has 1 fully saturated rings. The Morgan fingerprint density at radius 3 is 2.54 bits per heavy atom. The highest BCUT2D eigenvalue weighted by Crippen LogP contribution is 2.35. The van der Waals surface area contributed by atoms with Crippen LogP contribution in [0.2, 0.25) is 0 Å². The van der Waals surface area contributed by atoms with Crippen LogP contribution in [0.5, 0.6) is 0 Å². The topological polar surface area (TPSA) is 0 Å². The van der Waals surface area contributed by atoms with Crippen molar-refractivity contribution in [2.75, 3.05) is 0 Å². The molecule has 1 unspecified atom stereocenters. The van der Waals surface area contributed by atoms with Gasteiger partial charge in [0.25, 0.3) is 0 Å². The van der Waals surface area contributed by atoms with Crippen LogP contribution in [0.25, 0.3) is 0 Å². The van der Waals surface area contributed by atoms with E-state index in [2.05, 4.69) is 34.3 Å². The highest BCUT2D eigenvalue weighted by molar-refractivity contribution is 5.35. The highest BCUT2D eigenvalue weighted by Gasteiger charge is 2.18.